The molecule has 0 fully saturated rings. The normalized spacial score (nSPS) is 10.6. The van der Waals surface area contributed by atoms with Crippen LogP contribution in [0.15, 0.2) is 66.9 Å². The lowest BCUT2D eigenvalue weighted by atomic mass is 10.2. The number of hydrogen-bond donors (Lipinski definition) is 1. The Morgan fingerprint density at radius 3 is 2.41 bits per heavy atom. The van der Waals surface area contributed by atoms with Crippen LogP contribution in [0, 0.1) is 0 Å². The molecule has 0 aliphatic heterocycles. The van der Waals surface area contributed by atoms with Crippen molar-refractivity contribution in [2.24, 2.45) is 0 Å². The van der Waals surface area contributed by atoms with Gasteiger partial charge < -0.3 is 14.8 Å². The van der Waals surface area contributed by atoms with Crippen LogP contribution in [0.1, 0.15) is 11.1 Å². The van der Waals surface area contributed by atoms with Crippen LogP contribution >= 0.6 is 23.2 Å². The van der Waals surface area contributed by atoms with Crippen LogP contribution in [0.25, 0.3) is 0 Å². The summed E-state index contributed by atoms with van der Waals surface area (Å²) < 4.78 is 11.5. The second kappa shape index (κ2) is 10.2. The predicted octanol–water partition coefficient (Wildman–Crippen LogP) is 5.14. The lowest BCUT2D eigenvalue weighted by molar-refractivity contribution is 0.295. The van der Waals surface area contributed by atoms with Gasteiger partial charge in [0.15, 0.2) is 0 Å². The lowest BCUT2D eigenvalue weighted by Gasteiger charge is -2.14. The third-order valence-electron chi connectivity index (χ3n) is 3.89. The molecule has 27 heavy (non-hydrogen) atoms. The maximum atomic E-state index is 6.21. The highest BCUT2D eigenvalue weighted by atomic mass is 35.5. The summed E-state index contributed by atoms with van der Waals surface area (Å²) in [5, 5.41) is 4.55. The summed E-state index contributed by atoms with van der Waals surface area (Å²) in [6.07, 6.45) is 1.71. The van der Waals surface area contributed by atoms with Crippen molar-refractivity contribution in [1.29, 1.82) is 0 Å². The minimum Gasteiger partial charge on any atom is -0.488 e. The molecule has 3 aromatic rings. The lowest BCUT2D eigenvalue weighted by Crippen LogP contribution is -2.21. The van der Waals surface area contributed by atoms with E-state index in [2.05, 4.69) is 10.3 Å². The van der Waals surface area contributed by atoms with E-state index in [0.29, 0.717) is 42.2 Å². The monoisotopic (exact) mass is 402 g/mol. The second-order valence-corrected chi connectivity index (χ2v) is 6.60. The SMILES string of the molecule is Clc1cccc(Cl)c1COc1ccccc1CNCCOc1ccccn1. The van der Waals surface area contributed by atoms with Gasteiger partial charge in [-0.15, -0.1) is 0 Å². The zero-order valence-corrected chi connectivity index (χ0v) is 16.2. The van der Waals surface area contributed by atoms with Crippen molar-refractivity contribution in [3.8, 4) is 11.6 Å². The van der Waals surface area contributed by atoms with Crippen molar-refractivity contribution in [3.63, 3.8) is 0 Å². The Labute approximate surface area is 169 Å². The Balaban J connectivity index is 1.50. The zero-order chi connectivity index (χ0) is 18.9. The molecular weight excluding hydrogens is 383 g/mol. The summed E-state index contributed by atoms with van der Waals surface area (Å²) >= 11 is 12.4. The molecule has 0 atom stereocenters. The van der Waals surface area contributed by atoms with Crippen LogP contribution in [-0.4, -0.2) is 18.1 Å². The van der Waals surface area contributed by atoms with Gasteiger partial charge in [-0.25, -0.2) is 4.98 Å². The van der Waals surface area contributed by atoms with Gasteiger partial charge in [0.1, 0.15) is 19.0 Å². The molecule has 0 aliphatic carbocycles. The number of para-hydroxylation sites is 1. The van der Waals surface area contributed by atoms with E-state index in [1.807, 2.05) is 48.5 Å². The van der Waals surface area contributed by atoms with E-state index in [1.54, 1.807) is 18.3 Å². The first-order chi connectivity index (χ1) is 13.2. The number of pyridine rings is 1. The molecule has 0 saturated carbocycles. The molecule has 2 aromatic carbocycles. The number of halogens is 2. The zero-order valence-electron chi connectivity index (χ0n) is 14.7. The van der Waals surface area contributed by atoms with Gasteiger partial charge in [0, 0.05) is 46.5 Å². The Hall–Kier alpha value is -2.27. The minimum absolute atomic E-state index is 0.318. The summed E-state index contributed by atoms with van der Waals surface area (Å²) in [6, 6.07) is 18.9. The number of nitrogens with one attached hydrogen (secondary N) is 1. The van der Waals surface area contributed by atoms with Crippen LogP contribution in [0.4, 0.5) is 0 Å². The molecule has 4 nitrogen and oxygen atoms in total. The molecule has 0 amide bonds. The van der Waals surface area contributed by atoms with Crippen molar-refractivity contribution in [1.82, 2.24) is 10.3 Å². The molecule has 1 aromatic heterocycles. The summed E-state index contributed by atoms with van der Waals surface area (Å²) in [5.74, 6) is 1.42. The number of ether oxygens (including phenoxy) is 2. The molecule has 0 bridgehead atoms. The third-order valence-corrected chi connectivity index (χ3v) is 4.60. The number of hydrogen-bond acceptors (Lipinski definition) is 4. The van der Waals surface area contributed by atoms with E-state index >= 15 is 0 Å². The highest BCUT2D eigenvalue weighted by Gasteiger charge is 2.08. The smallest absolute Gasteiger partial charge is 0.213 e. The van der Waals surface area contributed by atoms with E-state index in [1.165, 1.54) is 0 Å². The maximum Gasteiger partial charge on any atom is 0.213 e. The van der Waals surface area contributed by atoms with E-state index < -0.39 is 0 Å². The highest BCUT2D eigenvalue weighted by Crippen LogP contribution is 2.27. The van der Waals surface area contributed by atoms with Crippen LogP contribution in [-0.2, 0) is 13.2 Å². The summed E-state index contributed by atoms with van der Waals surface area (Å²) in [5.41, 5.74) is 1.84. The van der Waals surface area contributed by atoms with Gasteiger partial charge in [-0.2, -0.15) is 0 Å². The fourth-order valence-corrected chi connectivity index (χ4v) is 3.00. The standard InChI is InChI=1S/C21H20Cl2N2O2/c22-18-7-5-8-19(23)17(18)15-27-20-9-2-1-6-16(20)14-24-12-13-26-21-10-3-4-11-25-21/h1-11,24H,12-15H2. The number of benzene rings is 2. The molecule has 3 rings (SSSR count). The molecule has 0 saturated heterocycles. The quantitative estimate of drug-likeness (QED) is 0.503. The molecule has 0 aliphatic rings. The molecule has 140 valence electrons. The molecule has 1 N–H and O–H groups in total. The van der Waals surface area contributed by atoms with Gasteiger partial charge in [-0.05, 0) is 24.3 Å². The average molecular weight is 403 g/mol. The Morgan fingerprint density at radius 1 is 0.852 bits per heavy atom. The third kappa shape index (κ3) is 5.86. The summed E-state index contributed by atoms with van der Waals surface area (Å²) in [7, 11) is 0. The van der Waals surface area contributed by atoms with Crippen LogP contribution in [0.5, 0.6) is 11.6 Å². The van der Waals surface area contributed by atoms with Crippen molar-refractivity contribution in [2.75, 3.05) is 13.2 Å². The van der Waals surface area contributed by atoms with Gasteiger partial charge >= 0.3 is 0 Å². The summed E-state index contributed by atoms with van der Waals surface area (Å²) in [6.45, 7) is 2.22. The Morgan fingerprint density at radius 2 is 1.63 bits per heavy atom. The van der Waals surface area contributed by atoms with E-state index in [-0.39, 0.29) is 0 Å². The number of rotatable bonds is 9. The van der Waals surface area contributed by atoms with Gasteiger partial charge in [0.05, 0.1) is 0 Å². The van der Waals surface area contributed by atoms with E-state index in [4.69, 9.17) is 32.7 Å². The second-order valence-electron chi connectivity index (χ2n) is 5.79. The van der Waals surface area contributed by atoms with Crippen molar-refractivity contribution in [3.05, 3.63) is 88.0 Å². The molecule has 6 heteroatoms. The highest BCUT2D eigenvalue weighted by molar-refractivity contribution is 6.35. The maximum absolute atomic E-state index is 6.21. The van der Waals surface area contributed by atoms with Crippen molar-refractivity contribution >= 4 is 23.2 Å². The molecule has 0 radical (unpaired) electrons. The minimum atomic E-state index is 0.318. The first-order valence-corrected chi connectivity index (χ1v) is 9.38. The fraction of sp³-hybridized carbons (Fsp3) is 0.190. The van der Waals surface area contributed by atoms with Crippen molar-refractivity contribution in [2.45, 2.75) is 13.2 Å². The average Bonchev–Trinajstić information content (AvgIpc) is 2.69. The Kier molecular flexibility index (Phi) is 7.34. The van der Waals surface area contributed by atoms with Crippen LogP contribution in [0.2, 0.25) is 10.0 Å². The predicted molar refractivity (Wildman–Crippen MR) is 109 cm³/mol. The molecular formula is C21H20Cl2N2O2. The fourth-order valence-electron chi connectivity index (χ4n) is 2.49. The van der Waals surface area contributed by atoms with Gasteiger partial charge in [-0.3, -0.25) is 0 Å². The molecule has 0 unspecified atom stereocenters. The molecule has 0 spiro atoms. The van der Waals surface area contributed by atoms with Gasteiger partial charge in [0.25, 0.3) is 0 Å². The van der Waals surface area contributed by atoms with Gasteiger partial charge in [-0.1, -0.05) is 53.5 Å². The van der Waals surface area contributed by atoms with E-state index in [0.717, 1.165) is 16.9 Å². The van der Waals surface area contributed by atoms with Crippen LogP contribution in [0.3, 0.4) is 0 Å². The van der Waals surface area contributed by atoms with Gasteiger partial charge in [0.2, 0.25) is 5.88 Å². The summed E-state index contributed by atoms with van der Waals surface area (Å²) in [4.78, 5) is 4.12. The topological polar surface area (TPSA) is 43.4 Å². The molecule has 1 heterocycles. The largest absolute Gasteiger partial charge is 0.488 e. The van der Waals surface area contributed by atoms with E-state index in [9.17, 15) is 0 Å². The van der Waals surface area contributed by atoms with Crippen LogP contribution < -0.4 is 14.8 Å². The Bertz CT molecular complexity index is 840. The van der Waals surface area contributed by atoms with Crippen molar-refractivity contribution < 1.29 is 9.47 Å². The first-order valence-electron chi connectivity index (χ1n) is 8.62. The number of aromatic nitrogens is 1. The number of nitrogens with zero attached hydrogens (tertiary/aromatic N) is 1. The first kappa shape index (κ1) is 19.5.